The number of hydrogen-bond acceptors (Lipinski definition) is 1. The minimum atomic E-state index is -3.10. The van der Waals surface area contributed by atoms with Gasteiger partial charge in [0.25, 0.3) is 7.59 Å². The molecule has 0 saturated heterocycles. The zero-order valence-electron chi connectivity index (χ0n) is 14.5. The fourth-order valence-corrected chi connectivity index (χ4v) is 6.48. The maximum Gasteiger partial charge on any atom is 0.283 e. The van der Waals surface area contributed by atoms with Crippen molar-refractivity contribution in [3.05, 3.63) is 0 Å². The summed E-state index contributed by atoms with van der Waals surface area (Å²) in [6, 6.07) is 0.283. The van der Waals surface area contributed by atoms with E-state index in [0.29, 0.717) is 0 Å². The van der Waals surface area contributed by atoms with Crippen molar-refractivity contribution < 1.29 is 4.57 Å². The van der Waals surface area contributed by atoms with Gasteiger partial charge in [0.2, 0.25) is 0 Å². The van der Waals surface area contributed by atoms with Gasteiger partial charge in [-0.2, -0.15) is 0 Å². The fourth-order valence-electron chi connectivity index (χ4n) is 3.23. The lowest BCUT2D eigenvalue weighted by molar-refractivity contribution is 0.114. The Morgan fingerprint density at radius 1 is 0.842 bits per heavy atom. The highest BCUT2D eigenvalue weighted by Gasteiger charge is 2.47. The molecule has 0 amide bonds. The second kappa shape index (κ2) is 5.85. The molecule has 116 valence electrons. The van der Waals surface area contributed by atoms with E-state index in [2.05, 4.69) is 41.5 Å². The summed E-state index contributed by atoms with van der Waals surface area (Å²) in [6.45, 7) is 20.6. The van der Waals surface area contributed by atoms with Crippen LogP contribution in [0.5, 0.6) is 0 Å². The van der Waals surface area contributed by atoms with Crippen molar-refractivity contribution in [2.75, 3.05) is 0 Å². The van der Waals surface area contributed by atoms with E-state index in [1.54, 1.807) is 0 Å². The Labute approximate surface area is 120 Å². The first-order valence-electron chi connectivity index (χ1n) is 7.11. The maximum atomic E-state index is 13.4. The topological polar surface area (TPSA) is 49.6 Å². The molecule has 5 heteroatoms. The van der Waals surface area contributed by atoms with E-state index in [0.717, 1.165) is 0 Å². The predicted octanol–water partition coefficient (Wildman–Crippen LogP) is 4.07. The van der Waals surface area contributed by atoms with Crippen LogP contribution in [0.4, 0.5) is 0 Å². The average Bonchev–Trinajstić information content (AvgIpc) is 1.90. The van der Waals surface area contributed by atoms with Crippen LogP contribution < -0.4 is 5.50 Å². The molecular formula is C14H34N3OP. The molecule has 0 aliphatic rings. The zero-order chi connectivity index (χ0) is 15.8. The highest BCUT2D eigenvalue weighted by molar-refractivity contribution is 7.56. The first-order valence-corrected chi connectivity index (χ1v) is 8.80. The summed E-state index contributed by atoms with van der Waals surface area (Å²) in [6.07, 6.45) is 0. The van der Waals surface area contributed by atoms with Crippen LogP contribution in [0.15, 0.2) is 0 Å². The minimum absolute atomic E-state index is 0.142. The van der Waals surface area contributed by atoms with Crippen LogP contribution in [0.25, 0.3) is 0 Å². The third-order valence-corrected chi connectivity index (χ3v) is 6.31. The van der Waals surface area contributed by atoms with Gasteiger partial charge >= 0.3 is 0 Å². The molecule has 0 spiro atoms. The van der Waals surface area contributed by atoms with E-state index >= 15 is 0 Å². The van der Waals surface area contributed by atoms with E-state index in [4.69, 9.17) is 5.50 Å². The van der Waals surface area contributed by atoms with Gasteiger partial charge in [-0.3, -0.25) is 10.1 Å². The molecule has 0 saturated carbocycles. The number of rotatable bonds is 4. The van der Waals surface area contributed by atoms with Gasteiger partial charge in [0.05, 0.1) is 0 Å². The summed E-state index contributed by atoms with van der Waals surface area (Å²) in [5, 5.41) is 0. The van der Waals surface area contributed by atoms with E-state index < -0.39 is 7.59 Å². The quantitative estimate of drug-likeness (QED) is 0.793. The third-order valence-electron chi connectivity index (χ3n) is 2.95. The minimum Gasteiger partial charge on any atom is -0.271 e. The standard InChI is InChI=1S/C14H34N3OP/c1-11(2)16(12(3)4)19(15,18)17(13(5,6)7)14(8,9)10/h11-12H,1-10H3,(H2,15,18). The summed E-state index contributed by atoms with van der Waals surface area (Å²) >= 11 is 0. The molecule has 1 atom stereocenters. The first kappa shape index (κ1) is 19.1. The molecule has 19 heavy (non-hydrogen) atoms. The van der Waals surface area contributed by atoms with E-state index in [-0.39, 0.29) is 23.2 Å². The molecule has 2 N–H and O–H groups in total. The highest BCUT2D eigenvalue weighted by Crippen LogP contribution is 2.55. The lowest BCUT2D eigenvalue weighted by Gasteiger charge is -2.52. The molecule has 0 fully saturated rings. The normalized spacial score (nSPS) is 17.6. The Kier molecular flexibility index (Phi) is 5.88. The van der Waals surface area contributed by atoms with Crippen LogP contribution in [-0.2, 0) is 4.57 Å². The van der Waals surface area contributed by atoms with Gasteiger partial charge in [-0.05, 0) is 69.2 Å². The van der Waals surface area contributed by atoms with Gasteiger partial charge in [-0.15, -0.1) is 0 Å². The smallest absolute Gasteiger partial charge is 0.271 e. The molecule has 0 aliphatic carbocycles. The molecule has 0 aliphatic heterocycles. The van der Waals surface area contributed by atoms with E-state index in [1.165, 1.54) is 0 Å². The number of hydrogen-bond donors (Lipinski definition) is 1. The molecular weight excluding hydrogens is 257 g/mol. The summed E-state index contributed by atoms with van der Waals surface area (Å²) in [5.74, 6) is 0. The Morgan fingerprint density at radius 3 is 1.26 bits per heavy atom. The van der Waals surface area contributed by atoms with Crippen molar-refractivity contribution in [2.24, 2.45) is 5.50 Å². The van der Waals surface area contributed by atoms with E-state index in [9.17, 15) is 4.57 Å². The molecule has 1 unspecified atom stereocenters. The Hall–Kier alpha value is 0.110. The largest absolute Gasteiger partial charge is 0.283 e. The van der Waals surface area contributed by atoms with Gasteiger partial charge in [0.15, 0.2) is 0 Å². The summed E-state index contributed by atoms with van der Waals surface area (Å²) in [7, 11) is -3.10. The lowest BCUT2D eigenvalue weighted by atomic mass is 10.0. The van der Waals surface area contributed by atoms with Gasteiger partial charge in [0.1, 0.15) is 0 Å². The van der Waals surface area contributed by atoms with Crippen LogP contribution in [0.2, 0.25) is 0 Å². The summed E-state index contributed by atoms with van der Waals surface area (Å²) < 4.78 is 17.3. The molecule has 0 radical (unpaired) electrons. The van der Waals surface area contributed by atoms with Crippen molar-refractivity contribution >= 4 is 7.59 Å². The molecule has 4 nitrogen and oxygen atoms in total. The van der Waals surface area contributed by atoms with Crippen LogP contribution in [0.3, 0.4) is 0 Å². The number of nitrogens with zero attached hydrogens (tertiary/aromatic N) is 2. The predicted molar refractivity (Wildman–Crippen MR) is 85.2 cm³/mol. The monoisotopic (exact) mass is 291 g/mol. The van der Waals surface area contributed by atoms with Crippen molar-refractivity contribution in [1.29, 1.82) is 0 Å². The van der Waals surface area contributed by atoms with Crippen molar-refractivity contribution in [3.8, 4) is 0 Å². The molecule has 0 aromatic carbocycles. The Balaban J connectivity index is 5.86. The SMILES string of the molecule is CC(C)N(C(C)C)P(N)(=O)N(C(C)(C)C)C(C)(C)C. The van der Waals surface area contributed by atoms with Crippen molar-refractivity contribution in [1.82, 2.24) is 9.34 Å². The molecule has 0 bridgehead atoms. The number of nitrogens with two attached hydrogens (primary N) is 1. The van der Waals surface area contributed by atoms with Crippen LogP contribution in [0.1, 0.15) is 69.2 Å². The Bertz CT molecular complexity index is 318. The Morgan fingerprint density at radius 2 is 1.11 bits per heavy atom. The second-order valence-corrected chi connectivity index (χ2v) is 9.85. The maximum absolute atomic E-state index is 13.4. The third kappa shape index (κ3) is 4.56. The van der Waals surface area contributed by atoms with Gasteiger partial charge in [0, 0.05) is 23.2 Å². The lowest BCUT2D eigenvalue weighted by Crippen LogP contribution is -2.56. The van der Waals surface area contributed by atoms with Crippen LogP contribution in [0, 0.1) is 0 Å². The zero-order valence-corrected chi connectivity index (χ0v) is 15.4. The first-order chi connectivity index (χ1) is 8.13. The van der Waals surface area contributed by atoms with E-state index in [1.807, 2.05) is 37.0 Å². The second-order valence-electron chi connectivity index (χ2n) is 7.81. The average molecular weight is 291 g/mol. The van der Waals surface area contributed by atoms with Crippen LogP contribution in [-0.4, -0.2) is 32.5 Å². The molecule has 0 rings (SSSR count). The summed E-state index contributed by atoms with van der Waals surface area (Å²) in [5.41, 5.74) is 5.87. The summed E-state index contributed by atoms with van der Waals surface area (Å²) in [4.78, 5) is 0. The van der Waals surface area contributed by atoms with Crippen molar-refractivity contribution in [2.45, 2.75) is 92.4 Å². The molecule has 0 heterocycles. The van der Waals surface area contributed by atoms with Gasteiger partial charge in [-0.1, -0.05) is 0 Å². The fraction of sp³-hybridized carbons (Fsp3) is 1.00. The highest BCUT2D eigenvalue weighted by atomic mass is 31.2. The van der Waals surface area contributed by atoms with Crippen molar-refractivity contribution in [3.63, 3.8) is 0 Å². The van der Waals surface area contributed by atoms with Gasteiger partial charge < -0.3 is 0 Å². The van der Waals surface area contributed by atoms with Gasteiger partial charge in [-0.25, -0.2) is 9.34 Å². The van der Waals surface area contributed by atoms with Crippen LogP contribution >= 0.6 is 7.59 Å². The molecule has 0 aromatic heterocycles. The molecule has 0 aromatic rings.